The van der Waals surface area contributed by atoms with E-state index in [1.807, 2.05) is 0 Å². The van der Waals surface area contributed by atoms with E-state index in [-0.39, 0.29) is 21.6 Å². The van der Waals surface area contributed by atoms with Gasteiger partial charge in [0.15, 0.2) is 5.82 Å². The monoisotopic (exact) mass is 511 g/mol. The fourth-order valence-corrected chi connectivity index (χ4v) is 4.78. The minimum absolute atomic E-state index is 0.0191. The molecule has 0 saturated heterocycles. The molecule has 0 amide bonds. The Bertz CT molecular complexity index is 1350. The molecule has 30 heavy (non-hydrogen) atoms. The molecule has 11 heteroatoms. The topological polar surface area (TPSA) is 103 Å². The van der Waals surface area contributed by atoms with Gasteiger partial charge in [-0.05, 0) is 30.3 Å². The average Bonchev–Trinajstić information content (AvgIpc) is 3.21. The molecule has 2 aromatic heterocycles. The lowest BCUT2D eigenvalue weighted by atomic mass is 10.1. The molecule has 0 saturated carbocycles. The third kappa shape index (κ3) is 3.78. The van der Waals surface area contributed by atoms with Crippen LogP contribution in [-0.2, 0) is 14.8 Å². The molecule has 8 nitrogen and oxygen atoms in total. The fraction of sp³-hybridized carbons (Fsp3) is 0.158. The van der Waals surface area contributed by atoms with Crippen molar-refractivity contribution in [2.45, 2.75) is 16.7 Å². The third-order valence-electron chi connectivity index (χ3n) is 4.57. The van der Waals surface area contributed by atoms with Crippen LogP contribution >= 0.6 is 27.5 Å². The highest BCUT2D eigenvalue weighted by atomic mass is 79.9. The minimum Gasteiger partial charge on any atom is -0.495 e. The molecule has 1 aliphatic carbocycles. The van der Waals surface area contributed by atoms with Gasteiger partial charge in [-0.2, -0.15) is 0 Å². The Morgan fingerprint density at radius 2 is 2.10 bits per heavy atom. The van der Waals surface area contributed by atoms with Crippen LogP contribution in [0.15, 0.2) is 73.2 Å². The smallest absolute Gasteiger partial charge is 0.263 e. The second kappa shape index (κ2) is 7.93. The summed E-state index contributed by atoms with van der Waals surface area (Å²) in [7, 11) is -2.38. The molecule has 4 rings (SSSR count). The number of halogens is 2. The first-order valence-corrected chi connectivity index (χ1v) is 11.4. The van der Waals surface area contributed by atoms with Gasteiger partial charge in [-0.25, -0.2) is 8.42 Å². The average molecular weight is 513 g/mol. The van der Waals surface area contributed by atoms with Crippen molar-refractivity contribution in [1.29, 1.82) is 0 Å². The molecule has 1 aliphatic rings. The summed E-state index contributed by atoms with van der Waals surface area (Å²) in [5, 5.41) is 3.76. The molecule has 3 aromatic rings. The Labute approximate surface area is 184 Å². The van der Waals surface area contributed by atoms with Gasteiger partial charge < -0.3 is 9.26 Å². The molecule has 0 unspecified atom stereocenters. The Hall–Kier alpha value is -2.56. The molecule has 0 spiro atoms. The molecule has 0 radical (unpaired) electrons. The third-order valence-corrected chi connectivity index (χ3v) is 7.35. The number of nitrogens with zero attached hydrogens (tertiary/aromatic N) is 2. The van der Waals surface area contributed by atoms with E-state index in [2.05, 4.69) is 30.3 Å². The summed E-state index contributed by atoms with van der Waals surface area (Å²) < 4.78 is 40.0. The van der Waals surface area contributed by atoms with Crippen molar-refractivity contribution in [3.05, 3.63) is 69.3 Å². The van der Waals surface area contributed by atoms with Crippen LogP contribution < -0.4 is 10.3 Å². The van der Waals surface area contributed by atoms with Crippen molar-refractivity contribution in [2.24, 2.45) is 0 Å². The molecule has 2 heterocycles. The van der Waals surface area contributed by atoms with Crippen molar-refractivity contribution in [3.8, 4) is 0 Å². The number of fused-ring (bicyclic) bond motifs is 1. The Balaban J connectivity index is 1.86. The quantitative estimate of drug-likeness (QED) is 0.520. The summed E-state index contributed by atoms with van der Waals surface area (Å²) in [5.74, 6) is 0.570. The second-order valence-electron chi connectivity index (χ2n) is 6.43. The van der Waals surface area contributed by atoms with Crippen LogP contribution in [0.2, 0.25) is 0 Å². The SMILES string of the molecule is COC1=C(n2c(=O)ccc3cc(S(=O)(=O)Nc4ccon4)ccc32)C[C@@H](Cl)C(Br)=C1. The van der Waals surface area contributed by atoms with E-state index in [9.17, 15) is 13.2 Å². The van der Waals surface area contributed by atoms with Crippen molar-refractivity contribution >= 4 is 60.0 Å². The van der Waals surface area contributed by atoms with Crippen molar-refractivity contribution in [1.82, 2.24) is 9.72 Å². The first-order chi connectivity index (χ1) is 14.3. The summed E-state index contributed by atoms with van der Waals surface area (Å²) >= 11 is 9.77. The van der Waals surface area contributed by atoms with Gasteiger partial charge in [-0.15, -0.1) is 11.6 Å². The zero-order valence-corrected chi connectivity index (χ0v) is 18.7. The van der Waals surface area contributed by atoms with Crippen LogP contribution in [0.4, 0.5) is 5.82 Å². The van der Waals surface area contributed by atoms with Crippen molar-refractivity contribution in [3.63, 3.8) is 0 Å². The summed E-state index contributed by atoms with van der Waals surface area (Å²) in [6.07, 6.45) is 3.34. The number of methoxy groups -OCH3 is 1. The number of alkyl halides is 1. The molecular formula is C19H15BrClN3O5S. The van der Waals surface area contributed by atoms with Crippen molar-refractivity contribution < 1.29 is 17.7 Å². The predicted octanol–water partition coefficient (Wildman–Crippen LogP) is 3.90. The highest BCUT2D eigenvalue weighted by molar-refractivity contribution is 9.11. The molecule has 1 aromatic carbocycles. The van der Waals surface area contributed by atoms with Gasteiger partial charge in [0, 0.05) is 28.4 Å². The van der Waals surface area contributed by atoms with E-state index in [0.717, 1.165) is 4.48 Å². The molecule has 0 bridgehead atoms. The fourth-order valence-electron chi connectivity index (χ4n) is 3.18. The lowest BCUT2D eigenvalue weighted by Crippen LogP contribution is -2.23. The number of rotatable bonds is 5. The molecule has 1 atom stereocenters. The van der Waals surface area contributed by atoms with Gasteiger partial charge in [-0.1, -0.05) is 21.1 Å². The number of hydrogen-bond donors (Lipinski definition) is 1. The summed E-state index contributed by atoms with van der Waals surface area (Å²) in [4.78, 5) is 12.7. The van der Waals surface area contributed by atoms with Crippen LogP contribution in [0.1, 0.15) is 6.42 Å². The highest BCUT2D eigenvalue weighted by Gasteiger charge is 2.24. The first-order valence-electron chi connectivity index (χ1n) is 8.68. The number of benzene rings is 1. The number of anilines is 1. The number of nitrogens with one attached hydrogen (secondary N) is 1. The van der Waals surface area contributed by atoms with Gasteiger partial charge in [0.05, 0.1) is 28.6 Å². The molecule has 156 valence electrons. The van der Waals surface area contributed by atoms with E-state index < -0.39 is 10.0 Å². The normalized spacial score (nSPS) is 17.2. The van der Waals surface area contributed by atoms with Crippen LogP contribution in [0.5, 0.6) is 0 Å². The van der Waals surface area contributed by atoms with E-state index in [1.54, 1.807) is 18.2 Å². The highest BCUT2D eigenvalue weighted by Crippen LogP contribution is 2.35. The van der Waals surface area contributed by atoms with Crippen LogP contribution in [0, 0.1) is 0 Å². The maximum absolute atomic E-state index is 12.7. The zero-order chi connectivity index (χ0) is 21.5. The Morgan fingerprint density at radius 1 is 1.30 bits per heavy atom. The van der Waals surface area contributed by atoms with Crippen molar-refractivity contribution in [2.75, 3.05) is 11.8 Å². The Kier molecular flexibility index (Phi) is 5.48. The van der Waals surface area contributed by atoms with Gasteiger partial charge in [0.2, 0.25) is 0 Å². The maximum Gasteiger partial charge on any atom is 0.263 e. The number of aromatic nitrogens is 2. The Morgan fingerprint density at radius 3 is 2.80 bits per heavy atom. The maximum atomic E-state index is 12.7. The predicted molar refractivity (Wildman–Crippen MR) is 117 cm³/mol. The van der Waals surface area contributed by atoms with Gasteiger partial charge >= 0.3 is 0 Å². The van der Waals surface area contributed by atoms with Crippen LogP contribution in [0.3, 0.4) is 0 Å². The summed E-state index contributed by atoms with van der Waals surface area (Å²) in [5.41, 5.74) is 0.842. The van der Waals surface area contributed by atoms with Crippen LogP contribution in [-0.4, -0.2) is 30.6 Å². The zero-order valence-electron chi connectivity index (χ0n) is 15.5. The number of hydrogen-bond acceptors (Lipinski definition) is 6. The molecular weight excluding hydrogens is 498 g/mol. The van der Waals surface area contributed by atoms with E-state index in [0.29, 0.717) is 28.8 Å². The largest absolute Gasteiger partial charge is 0.495 e. The van der Waals surface area contributed by atoms with E-state index in [1.165, 1.54) is 42.2 Å². The number of allylic oxidation sites excluding steroid dienone is 3. The standard InChI is InChI=1S/C19H15BrClN3O5S/c1-28-17-9-13(20)14(21)10-16(17)24-15-4-3-12(8-11(15)2-5-19(24)25)30(26,27)23-18-6-7-29-22-18/h2-9,14H,10H2,1H3,(H,22,23)/t14-/m1/s1. The molecule has 0 aliphatic heterocycles. The van der Waals surface area contributed by atoms with E-state index in [4.69, 9.17) is 16.3 Å². The van der Waals surface area contributed by atoms with Crippen LogP contribution in [0.25, 0.3) is 16.6 Å². The summed E-state index contributed by atoms with van der Waals surface area (Å²) in [6, 6.07) is 8.81. The second-order valence-corrected chi connectivity index (χ2v) is 9.56. The van der Waals surface area contributed by atoms with Gasteiger partial charge in [-0.3, -0.25) is 14.1 Å². The number of pyridine rings is 1. The van der Waals surface area contributed by atoms with Gasteiger partial charge in [0.1, 0.15) is 12.0 Å². The van der Waals surface area contributed by atoms with E-state index >= 15 is 0 Å². The minimum atomic E-state index is -3.89. The summed E-state index contributed by atoms with van der Waals surface area (Å²) in [6.45, 7) is 0. The lowest BCUT2D eigenvalue weighted by molar-refractivity contribution is 0.304. The number of ether oxygens (including phenoxy) is 1. The van der Waals surface area contributed by atoms with Gasteiger partial charge in [0.25, 0.3) is 15.6 Å². The molecule has 1 N–H and O–H groups in total. The lowest BCUT2D eigenvalue weighted by Gasteiger charge is -2.23. The number of sulfonamides is 1. The first kappa shape index (κ1) is 20.7. The molecule has 0 fully saturated rings.